The van der Waals surface area contributed by atoms with Gasteiger partial charge < -0.3 is 14.6 Å². The fraction of sp³-hybridized carbons (Fsp3) is 0.368. The van der Waals surface area contributed by atoms with Crippen LogP contribution < -0.4 is 10.1 Å². The number of hydrogen-bond donors (Lipinski definition) is 1. The molecule has 25 heavy (non-hydrogen) atoms. The van der Waals surface area contributed by atoms with E-state index in [1.165, 1.54) is 0 Å². The lowest BCUT2D eigenvalue weighted by molar-refractivity contribution is 0.0948. The molecule has 2 aromatic heterocycles. The van der Waals surface area contributed by atoms with Crippen molar-refractivity contribution in [2.75, 3.05) is 13.7 Å². The van der Waals surface area contributed by atoms with Gasteiger partial charge in [0.2, 0.25) is 0 Å². The molecule has 3 rings (SSSR count). The van der Waals surface area contributed by atoms with Gasteiger partial charge in [0, 0.05) is 36.4 Å². The van der Waals surface area contributed by atoms with E-state index in [2.05, 4.69) is 10.4 Å². The number of aryl methyl sites for hydroxylation is 2. The second kappa shape index (κ2) is 6.63. The molecule has 1 amide bonds. The molecule has 6 nitrogen and oxygen atoms in total. The quantitative estimate of drug-likeness (QED) is 0.777. The summed E-state index contributed by atoms with van der Waals surface area (Å²) in [6, 6.07) is 5.89. The number of aromatic nitrogens is 3. The van der Waals surface area contributed by atoms with E-state index in [0.717, 1.165) is 27.9 Å². The Balaban J connectivity index is 1.85. The highest BCUT2D eigenvalue weighted by Gasteiger charge is 2.19. The molecule has 0 aliphatic heterocycles. The molecule has 0 unspecified atom stereocenters. The zero-order chi connectivity index (χ0) is 18.1. The van der Waals surface area contributed by atoms with Crippen LogP contribution in [0.15, 0.2) is 30.6 Å². The number of ether oxygens (including phenoxy) is 1. The number of amides is 1. The second-order valence-corrected chi connectivity index (χ2v) is 6.46. The highest BCUT2D eigenvalue weighted by atomic mass is 16.5. The Hall–Kier alpha value is -2.76. The molecule has 2 heterocycles. The first-order chi connectivity index (χ1) is 11.9. The number of carbonyl (C=O) groups is 1. The van der Waals surface area contributed by atoms with Crippen LogP contribution in [-0.2, 0) is 7.05 Å². The zero-order valence-electron chi connectivity index (χ0n) is 15.3. The van der Waals surface area contributed by atoms with Gasteiger partial charge in [-0.1, -0.05) is 0 Å². The van der Waals surface area contributed by atoms with E-state index in [4.69, 9.17) is 4.74 Å². The lowest BCUT2D eigenvalue weighted by atomic mass is 10.1. The summed E-state index contributed by atoms with van der Waals surface area (Å²) in [4.78, 5) is 12.8. The zero-order valence-corrected chi connectivity index (χ0v) is 15.3. The maximum Gasteiger partial charge on any atom is 0.253 e. The Kier molecular flexibility index (Phi) is 4.53. The molecule has 1 N–H and O–H groups in total. The molecule has 6 heteroatoms. The van der Waals surface area contributed by atoms with Gasteiger partial charge in [0.15, 0.2) is 0 Å². The number of carbonyl (C=O) groups excluding carboxylic acids is 1. The number of nitrogens with one attached hydrogen (secondary N) is 1. The molecular weight excluding hydrogens is 316 g/mol. The maximum atomic E-state index is 12.8. The van der Waals surface area contributed by atoms with Crippen LogP contribution in [0, 0.1) is 13.8 Å². The molecule has 132 valence electrons. The average molecular weight is 340 g/mol. The minimum absolute atomic E-state index is 0.0768. The van der Waals surface area contributed by atoms with Crippen molar-refractivity contribution in [1.82, 2.24) is 19.7 Å². The second-order valence-electron chi connectivity index (χ2n) is 6.46. The maximum absolute atomic E-state index is 12.8. The van der Waals surface area contributed by atoms with Crippen molar-refractivity contribution in [3.8, 4) is 5.75 Å². The Morgan fingerprint density at radius 1 is 1.36 bits per heavy atom. The first-order valence-electron chi connectivity index (χ1n) is 8.34. The van der Waals surface area contributed by atoms with Crippen molar-refractivity contribution in [1.29, 1.82) is 0 Å². The summed E-state index contributed by atoms with van der Waals surface area (Å²) in [5.41, 5.74) is 3.75. The molecule has 0 saturated heterocycles. The van der Waals surface area contributed by atoms with Crippen molar-refractivity contribution < 1.29 is 9.53 Å². The number of rotatable bonds is 5. The van der Waals surface area contributed by atoms with Gasteiger partial charge in [-0.3, -0.25) is 9.48 Å². The highest BCUT2D eigenvalue weighted by Crippen LogP contribution is 2.28. The summed E-state index contributed by atoms with van der Waals surface area (Å²) in [5.74, 6) is 0.666. The van der Waals surface area contributed by atoms with Gasteiger partial charge in [-0.05, 0) is 44.5 Å². The van der Waals surface area contributed by atoms with Crippen LogP contribution >= 0.6 is 0 Å². The molecule has 0 aliphatic carbocycles. The average Bonchev–Trinajstić information content (AvgIpc) is 3.14. The Morgan fingerprint density at radius 2 is 2.12 bits per heavy atom. The number of fused-ring (bicyclic) bond motifs is 1. The van der Waals surface area contributed by atoms with Crippen LogP contribution in [-0.4, -0.2) is 33.9 Å². The summed E-state index contributed by atoms with van der Waals surface area (Å²) in [5, 5.41) is 8.24. The van der Waals surface area contributed by atoms with Gasteiger partial charge in [0.05, 0.1) is 24.9 Å². The molecule has 0 bridgehead atoms. The van der Waals surface area contributed by atoms with Crippen molar-refractivity contribution in [2.45, 2.75) is 26.8 Å². The standard InChI is InChI=1S/C19H24N4O2/c1-12-9-21-23(11-12)13(2)10-20-19(24)18-14(3)22(4)17-7-6-15(25-5)8-16(17)18/h6-9,11,13H,10H2,1-5H3,(H,20,24)/t13-/m1/s1. The lowest BCUT2D eigenvalue weighted by Gasteiger charge is -2.13. The van der Waals surface area contributed by atoms with Crippen LogP contribution in [0.2, 0.25) is 0 Å². The van der Waals surface area contributed by atoms with Gasteiger partial charge in [-0.2, -0.15) is 5.10 Å². The fourth-order valence-electron chi connectivity index (χ4n) is 3.06. The van der Waals surface area contributed by atoms with Gasteiger partial charge >= 0.3 is 0 Å². The summed E-state index contributed by atoms with van der Waals surface area (Å²) in [6.07, 6.45) is 3.80. The normalized spacial score (nSPS) is 12.4. The monoisotopic (exact) mass is 340 g/mol. The van der Waals surface area contributed by atoms with Gasteiger partial charge in [0.1, 0.15) is 5.75 Å². The molecule has 0 aliphatic rings. The predicted molar refractivity (Wildman–Crippen MR) is 98.2 cm³/mol. The SMILES string of the molecule is COc1ccc2c(c1)c(C(=O)NC[C@@H](C)n1cc(C)cn1)c(C)n2C. The van der Waals surface area contributed by atoms with Gasteiger partial charge in [-0.25, -0.2) is 0 Å². The third-order valence-corrected chi connectivity index (χ3v) is 4.67. The van der Waals surface area contributed by atoms with E-state index in [9.17, 15) is 4.79 Å². The van der Waals surface area contributed by atoms with E-state index in [1.807, 2.05) is 67.7 Å². The number of hydrogen-bond acceptors (Lipinski definition) is 3. The molecule has 1 aromatic carbocycles. The number of methoxy groups -OCH3 is 1. The summed E-state index contributed by atoms with van der Waals surface area (Å²) >= 11 is 0. The summed E-state index contributed by atoms with van der Waals surface area (Å²) < 4.78 is 9.21. The van der Waals surface area contributed by atoms with Crippen molar-refractivity contribution in [3.63, 3.8) is 0 Å². The lowest BCUT2D eigenvalue weighted by Crippen LogP contribution is -2.30. The Bertz CT molecular complexity index is 923. The smallest absolute Gasteiger partial charge is 0.253 e. The molecular formula is C19H24N4O2. The summed E-state index contributed by atoms with van der Waals surface area (Å²) in [6.45, 7) is 6.51. The third kappa shape index (κ3) is 3.12. The molecule has 0 spiro atoms. The first kappa shape index (κ1) is 17.1. The molecule has 0 radical (unpaired) electrons. The minimum atomic E-state index is -0.0768. The van der Waals surface area contributed by atoms with E-state index in [1.54, 1.807) is 7.11 Å². The molecule has 1 atom stereocenters. The first-order valence-corrected chi connectivity index (χ1v) is 8.34. The molecule has 0 fully saturated rings. The topological polar surface area (TPSA) is 61.1 Å². The minimum Gasteiger partial charge on any atom is -0.497 e. The molecule has 3 aromatic rings. The number of benzene rings is 1. The van der Waals surface area contributed by atoms with Crippen LogP contribution in [0.5, 0.6) is 5.75 Å². The van der Waals surface area contributed by atoms with E-state index in [-0.39, 0.29) is 11.9 Å². The Morgan fingerprint density at radius 3 is 2.76 bits per heavy atom. The highest BCUT2D eigenvalue weighted by molar-refractivity contribution is 6.08. The van der Waals surface area contributed by atoms with Crippen molar-refractivity contribution >= 4 is 16.8 Å². The van der Waals surface area contributed by atoms with E-state index < -0.39 is 0 Å². The van der Waals surface area contributed by atoms with Crippen molar-refractivity contribution in [3.05, 3.63) is 47.4 Å². The van der Waals surface area contributed by atoms with Crippen molar-refractivity contribution in [2.24, 2.45) is 7.05 Å². The number of nitrogens with zero attached hydrogens (tertiary/aromatic N) is 3. The Labute approximate surface area is 147 Å². The molecule has 0 saturated carbocycles. The summed E-state index contributed by atoms with van der Waals surface area (Å²) in [7, 11) is 3.60. The third-order valence-electron chi connectivity index (χ3n) is 4.67. The van der Waals surface area contributed by atoms with Crippen LogP contribution in [0.4, 0.5) is 0 Å². The van der Waals surface area contributed by atoms with E-state index in [0.29, 0.717) is 12.1 Å². The van der Waals surface area contributed by atoms with Crippen LogP contribution in [0.25, 0.3) is 10.9 Å². The van der Waals surface area contributed by atoms with E-state index >= 15 is 0 Å². The predicted octanol–water partition coefficient (Wildman–Crippen LogP) is 2.99. The van der Waals surface area contributed by atoms with Gasteiger partial charge in [0.25, 0.3) is 5.91 Å². The fourth-order valence-corrected chi connectivity index (χ4v) is 3.06. The van der Waals surface area contributed by atoms with Crippen LogP contribution in [0.3, 0.4) is 0 Å². The van der Waals surface area contributed by atoms with Gasteiger partial charge in [-0.15, -0.1) is 0 Å². The van der Waals surface area contributed by atoms with Crippen LogP contribution in [0.1, 0.15) is 34.6 Å². The largest absolute Gasteiger partial charge is 0.497 e.